The van der Waals surface area contributed by atoms with Crippen LogP contribution in [0.3, 0.4) is 0 Å². The van der Waals surface area contributed by atoms with Gasteiger partial charge in [0.2, 0.25) is 0 Å². The Bertz CT molecular complexity index is 765. The fraction of sp³-hybridized carbons (Fsp3) is 0. The standard InChI is InChI=1S/C14H8BrClN2O/c15-12-2-1-3-13-17-14(11(8-19)18(12)13)9-4-6-10(16)7-5-9/h1-8H. The Morgan fingerprint density at radius 2 is 1.89 bits per heavy atom. The van der Waals surface area contributed by atoms with Crippen molar-refractivity contribution in [3.63, 3.8) is 0 Å². The molecule has 0 bridgehead atoms. The van der Waals surface area contributed by atoms with Gasteiger partial charge in [0, 0.05) is 10.6 Å². The molecule has 0 radical (unpaired) electrons. The molecule has 0 aliphatic rings. The van der Waals surface area contributed by atoms with Gasteiger partial charge in [0.05, 0.1) is 4.60 Å². The zero-order valence-corrected chi connectivity index (χ0v) is 12.0. The van der Waals surface area contributed by atoms with E-state index in [1.807, 2.05) is 30.3 Å². The molecule has 3 rings (SSSR count). The molecule has 0 fully saturated rings. The first-order valence-corrected chi connectivity index (χ1v) is 6.76. The molecule has 0 atom stereocenters. The van der Waals surface area contributed by atoms with Gasteiger partial charge in [0.25, 0.3) is 0 Å². The summed E-state index contributed by atoms with van der Waals surface area (Å²) in [5.74, 6) is 0. The van der Waals surface area contributed by atoms with Gasteiger partial charge in [-0.05, 0) is 40.2 Å². The lowest BCUT2D eigenvalue weighted by atomic mass is 10.1. The molecular formula is C14H8BrClN2O. The van der Waals surface area contributed by atoms with Gasteiger partial charge in [0.1, 0.15) is 17.0 Å². The van der Waals surface area contributed by atoms with Gasteiger partial charge >= 0.3 is 0 Å². The molecule has 0 saturated heterocycles. The summed E-state index contributed by atoms with van der Waals surface area (Å²) < 4.78 is 2.57. The number of carbonyl (C=O) groups excluding carboxylic acids is 1. The molecule has 5 heteroatoms. The first-order chi connectivity index (χ1) is 9.20. The van der Waals surface area contributed by atoms with Crippen molar-refractivity contribution in [2.75, 3.05) is 0 Å². The minimum absolute atomic E-state index is 0.518. The first-order valence-electron chi connectivity index (χ1n) is 5.59. The van der Waals surface area contributed by atoms with E-state index in [-0.39, 0.29) is 0 Å². The lowest BCUT2D eigenvalue weighted by molar-refractivity contribution is 0.111. The molecule has 0 aliphatic heterocycles. The van der Waals surface area contributed by atoms with Crippen molar-refractivity contribution >= 4 is 39.5 Å². The molecule has 2 aromatic heterocycles. The minimum atomic E-state index is 0.518. The average Bonchev–Trinajstić information content (AvgIpc) is 2.79. The second-order valence-corrected chi connectivity index (χ2v) is 5.26. The van der Waals surface area contributed by atoms with Gasteiger partial charge in [0.15, 0.2) is 6.29 Å². The Kier molecular flexibility index (Phi) is 3.12. The number of aldehydes is 1. The number of benzene rings is 1. The zero-order valence-electron chi connectivity index (χ0n) is 9.68. The highest BCUT2D eigenvalue weighted by atomic mass is 79.9. The fourth-order valence-electron chi connectivity index (χ4n) is 2.00. The fourth-order valence-corrected chi connectivity index (χ4v) is 2.66. The van der Waals surface area contributed by atoms with Crippen LogP contribution in [0.5, 0.6) is 0 Å². The Labute approximate surface area is 123 Å². The predicted octanol–water partition coefficient (Wildman–Crippen LogP) is 4.23. The summed E-state index contributed by atoms with van der Waals surface area (Å²) in [6.45, 7) is 0. The van der Waals surface area contributed by atoms with E-state index in [2.05, 4.69) is 20.9 Å². The van der Waals surface area contributed by atoms with Crippen LogP contribution in [0.4, 0.5) is 0 Å². The lowest BCUT2D eigenvalue weighted by Gasteiger charge is -2.00. The number of aromatic nitrogens is 2. The Balaban J connectivity index is 2.32. The SMILES string of the molecule is O=Cc1c(-c2ccc(Cl)cc2)nc2cccc(Br)n12. The molecule has 0 spiro atoms. The molecule has 0 saturated carbocycles. The van der Waals surface area contributed by atoms with Crippen LogP contribution in [-0.4, -0.2) is 15.7 Å². The summed E-state index contributed by atoms with van der Waals surface area (Å²) in [5.41, 5.74) is 2.76. The second-order valence-electron chi connectivity index (χ2n) is 4.01. The Morgan fingerprint density at radius 1 is 1.16 bits per heavy atom. The Hall–Kier alpha value is -1.65. The van der Waals surface area contributed by atoms with Gasteiger partial charge in [-0.15, -0.1) is 0 Å². The third kappa shape index (κ3) is 2.07. The largest absolute Gasteiger partial charge is 0.296 e. The van der Waals surface area contributed by atoms with E-state index < -0.39 is 0 Å². The number of halogens is 2. The highest BCUT2D eigenvalue weighted by Gasteiger charge is 2.14. The van der Waals surface area contributed by atoms with Crippen molar-refractivity contribution < 1.29 is 4.79 Å². The second kappa shape index (κ2) is 4.79. The molecule has 19 heavy (non-hydrogen) atoms. The van der Waals surface area contributed by atoms with Crippen molar-refractivity contribution in [3.05, 3.63) is 57.8 Å². The number of carbonyl (C=O) groups is 1. The maximum absolute atomic E-state index is 11.4. The maximum atomic E-state index is 11.4. The van der Waals surface area contributed by atoms with Gasteiger partial charge in [-0.25, -0.2) is 4.98 Å². The van der Waals surface area contributed by atoms with Crippen molar-refractivity contribution in [3.8, 4) is 11.3 Å². The van der Waals surface area contributed by atoms with Crippen molar-refractivity contribution in [1.29, 1.82) is 0 Å². The van der Waals surface area contributed by atoms with Crippen LogP contribution in [0.15, 0.2) is 47.1 Å². The Morgan fingerprint density at radius 3 is 2.58 bits per heavy atom. The molecular weight excluding hydrogens is 328 g/mol. The number of imidazole rings is 1. The highest BCUT2D eigenvalue weighted by Crippen LogP contribution is 2.27. The number of pyridine rings is 1. The predicted molar refractivity (Wildman–Crippen MR) is 78.7 cm³/mol. The number of hydrogen-bond acceptors (Lipinski definition) is 2. The molecule has 0 N–H and O–H groups in total. The van der Waals surface area contributed by atoms with Crippen molar-refractivity contribution in [1.82, 2.24) is 9.38 Å². The summed E-state index contributed by atoms with van der Waals surface area (Å²) in [4.78, 5) is 15.9. The highest BCUT2D eigenvalue weighted by molar-refractivity contribution is 9.10. The molecule has 0 amide bonds. The average molecular weight is 336 g/mol. The molecule has 1 aromatic carbocycles. The molecule has 3 nitrogen and oxygen atoms in total. The van der Waals surface area contributed by atoms with E-state index in [4.69, 9.17) is 11.6 Å². The maximum Gasteiger partial charge on any atom is 0.169 e. The van der Waals surface area contributed by atoms with E-state index in [1.54, 1.807) is 16.5 Å². The molecule has 0 unspecified atom stereocenters. The van der Waals surface area contributed by atoms with Crippen LogP contribution < -0.4 is 0 Å². The lowest BCUT2D eigenvalue weighted by Crippen LogP contribution is -1.93. The van der Waals surface area contributed by atoms with Crippen molar-refractivity contribution in [2.24, 2.45) is 0 Å². The van der Waals surface area contributed by atoms with E-state index in [0.717, 1.165) is 22.1 Å². The van der Waals surface area contributed by atoms with Gasteiger partial charge < -0.3 is 0 Å². The monoisotopic (exact) mass is 334 g/mol. The number of fused-ring (bicyclic) bond motifs is 1. The number of rotatable bonds is 2. The van der Waals surface area contributed by atoms with Crippen LogP contribution in [0.1, 0.15) is 10.5 Å². The van der Waals surface area contributed by atoms with Crippen LogP contribution in [-0.2, 0) is 0 Å². The normalized spacial score (nSPS) is 10.8. The third-order valence-electron chi connectivity index (χ3n) is 2.86. The van der Waals surface area contributed by atoms with Gasteiger partial charge in [-0.1, -0.05) is 29.8 Å². The third-order valence-corrected chi connectivity index (χ3v) is 3.73. The number of hydrogen-bond donors (Lipinski definition) is 0. The smallest absolute Gasteiger partial charge is 0.169 e. The summed E-state index contributed by atoms with van der Waals surface area (Å²) in [6.07, 6.45) is 0.814. The first kappa shape index (κ1) is 12.4. The minimum Gasteiger partial charge on any atom is -0.296 e. The summed E-state index contributed by atoms with van der Waals surface area (Å²) in [5, 5.41) is 0.654. The summed E-state index contributed by atoms with van der Waals surface area (Å²) in [7, 11) is 0. The van der Waals surface area contributed by atoms with Gasteiger partial charge in [-0.3, -0.25) is 9.20 Å². The molecule has 2 heterocycles. The van der Waals surface area contributed by atoms with Crippen molar-refractivity contribution in [2.45, 2.75) is 0 Å². The van der Waals surface area contributed by atoms with E-state index >= 15 is 0 Å². The van der Waals surface area contributed by atoms with E-state index in [0.29, 0.717) is 16.4 Å². The molecule has 94 valence electrons. The van der Waals surface area contributed by atoms with E-state index in [1.165, 1.54) is 0 Å². The summed E-state index contributed by atoms with van der Waals surface area (Å²) in [6, 6.07) is 12.9. The molecule has 3 aromatic rings. The van der Waals surface area contributed by atoms with Crippen LogP contribution in [0, 0.1) is 0 Å². The molecule has 0 aliphatic carbocycles. The quantitative estimate of drug-likeness (QED) is 0.519. The zero-order chi connectivity index (χ0) is 13.4. The topological polar surface area (TPSA) is 34.4 Å². The van der Waals surface area contributed by atoms with Crippen LogP contribution in [0.2, 0.25) is 5.02 Å². The van der Waals surface area contributed by atoms with Crippen LogP contribution in [0.25, 0.3) is 16.9 Å². The van der Waals surface area contributed by atoms with E-state index in [9.17, 15) is 4.79 Å². The summed E-state index contributed by atoms with van der Waals surface area (Å²) >= 11 is 9.30. The van der Waals surface area contributed by atoms with Crippen LogP contribution >= 0.6 is 27.5 Å². The van der Waals surface area contributed by atoms with Gasteiger partial charge in [-0.2, -0.15) is 0 Å². The number of nitrogens with zero attached hydrogens (tertiary/aromatic N) is 2.